The minimum Gasteiger partial charge on any atom is -0.333 e. The first-order valence-corrected chi connectivity index (χ1v) is 9.10. The van der Waals surface area contributed by atoms with Gasteiger partial charge in [0.15, 0.2) is 0 Å². The molecule has 140 valence electrons. The molecule has 0 atom stereocenters. The van der Waals surface area contributed by atoms with Crippen molar-refractivity contribution in [2.45, 2.75) is 71.5 Å². The van der Waals surface area contributed by atoms with Crippen LogP contribution in [0.15, 0.2) is 12.5 Å². The molecule has 2 heterocycles. The van der Waals surface area contributed by atoms with E-state index in [-0.39, 0.29) is 24.8 Å². The Kier molecular flexibility index (Phi) is 9.07. The fourth-order valence-corrected chi connectivity index (χ4v) is 4.19. The van der Waals surface area contributed by atoms with Gasteiger partial charge in [-0.3, -0.25) is 0 Å². The second-order valence-corrected chi connectivity index (χ2v) is 7.84. The molecule has 1 saturated heterocycles. The highest BCUT2D eigenvalue weighted by Crippen LogP contribution is 2.43. The second kappa shape index (κ2) is 10.0. The van der Waals surface area contributed by atoms with Gasteiger partial charge in [-0.05, 0) is 62.9 Å². The van der Waals surface area contributed by atoms with Crippen LogP contribution in [0.3, 0.4) is 0 Å². The third kappa shape index (κ3) is 5.62. The lowest BCUT2D eigenvalue weighted by Gasteiger charge is -2.43. The summed E-state index contributed by atoms with van der Waals surface area (Å²) in [7, 11) is 0. The summed E-state index contributed by atoms with van der Waals surface area (Å²) in [5, 5.41) is 7.29. The number of nitrogens with zero attached hydrogens (tertiary/aromatic N) is 2. The van der Waals surface area contributed by atoms with Gasteiger partial charge in [-0.1, -0.05) is 13.8 Å². The van der Waals surface area contributed by atoms with Crippen LogP contribution in [0.2, 0.25) is 0 Å². The minimum atomic E-state index is 0. The highest BCUT2D eigenvalue weighted by molar-refractivity contribution is 5.85. The molecule has 24 heavy (non-hydrogen) atoms. The number of rotatable bonds is 5. The fourth-order valence-electron chi connectivity index (χ4n) is 4.19. The van der Waals surface area contributed by atoms with E-state index in [9.17, 15) is 0 Å². The van der Waals surface area contributed by atoms with Crippen LogP contribution in [-0.2, 0) is 13.1 Å². The maximum absolute atomic E-state index is 4.32. The summed E-state index contributed by atoms with van der Waals surface area (Å²) < 4.78 is 2.30. The second-order valence-electron chi connectivity index (χ2n) is 7.84. The fraction of sp³-hybridized carbons (Fsp3) is 0.833. The molecule has 6 heteroatoms. The lowest BCUT2D eigenvalue weighted by atomic mass is 9.67. The quantitative estimate of drug-likeness (QED) is 0.821. The van der Waals surface area contributed by atoms with Gasteiger partial charge in [-0.15, -0.1) is 24.8 Å². The molecule has 1 saturated carbocycles. The Morgan fingerprint density at radius 3 is 2.50 bits per heavy atom. The highest BCUT2D eigenvalue weighted by Gasteiger charge is 2.35. The molecular formula is C18H34Cl2N4. The summed E-state index contributed by atoms with van der Waals surface area (Å²) >= 11 is 0. The van der Waals surface area contributed by atoms with Crippen LogP contribution in [0.4, 0.5) is 0 Å². The Morgan fingerprint density at radius 1 is 1.21 bits per heavy atom. The lowest BCUT2D eigenvalue weighted by molar-refractivity contribution is 0.115. The van der Waals surface area contributed by atoms with Crippen molar-refractivity contribution in [3.05, 3.63) is 18.2 Å². The van der Waals surface area contributed by atoms with Crippen LogP contribution < -0.4 is 10.6 Å². The molecule has 0 bridgehead atoms. The van der Waals surface area contributed by atoms with E-state index in [1.54, 1.807) is 0 Å². The summed E-state index contributed by atoms with van der Waals surface area (Å²) in [5.41, 5.74) is 2.00. The molecule has 1 aromatic rings. The van der Waals surface area contributed by atoms with E-state index in [1.807, 2.05) is 12.5 Å². The van der Waals surface area contributed by atoms with Gasteiger partial charge in [0, 0.05) is 25.3 Å². The molecule has 0 amide bonds. The number of aromatic nitrogens is 2. The minimum absolute atomic E-state index is 0. The molecule has 0 aromatic carbocycles. The molecule has 2 fully saturated rings. The number of hydrogen-bond donors (Lipinski definition) is 2. The Morgan fingerprint density at radius 2 is 1.88 bits per heavy atom. The first-order valence-electron chi connectivity index (χ1n) is 9.10. The number of nitrogens with one attached hydrogen (secondary N) is 2. The van der Waals surface area contributed by atoms with Gasteiger partial charge in [0.05, 0.1) is 12.0 Å². The van der Waals surface area contributed by atoms with E-state index in [0.29, 0.717) is 17.4 Å². The molecule has 4 nitrogen and oxygen atoms in total. The number of halogens is 2. The molecular weight excluding hydrogens is 343 g/mol. The summed E-state index contributed by atoms with van der Waals surface area (Å²) in [4.78, 5) is 4.32. The molecule has 2 N–H and O–H groups in total. The van der Waals surface area contributed by atoms with Gasteiger partial charge in [-0.25, -0.2) is 4.98 Å². The molecule has 1 aromatic heterocycles. The topological polar surface area (TPSA) is 41.9 Å². The predicted octanol–water partition coefficient (Wildman–Crippen LogP) is 3.78. The Balaban J connectivity index is 0.00000144. The molecule has 1 spiro atoms. The maximum Gasteiger partial charge on any atom is 0.0948 e. The highest BCUT2D eigenvalue weighted by atomic mass is 35.5. The maximum atomic E-state index is 4.32. The van der Waals surface area contributed by atoms with E-state index < -0.39 is 0 Å². The van der Waals surface area contributed by atoms with Crippen molar-refractivity contribution in [3.63, 3.8) is 0 Å². The SMILES string of the molecule is CC(C)Cn1cncc1CNC1CCC2(CCNCC2)CC1.Cl.Cl. The van der Waals surface area contributed by atoms with Crippen LogP contribution in [0, 0.1) is 11.3 Å². The van der Waals surface area contributed by atoms with Crippen molar-refractivity contribution in [2.75, 3.05) is 13.1 Å². The van der Waals surface area contributed by atoms with Crippen LogP contribution in [-0.4, -0.2) is 28.7 Å². The largest absolute Gasteiger partial charge is 0.333 e. The van der Waals surface area contributed by atoms with Crippen molar-refractivity contribution in [2.24, 2.45) is 11.3 Å². The lowest BCUT2D eigenvalue weighted by Crippen LogP contribution is -2.43. The Labute approximate surface area is 159 Å². The van der Waals surface area contributed by atoms with Crippen LogP contribution in [0.1, 0.15) is 58.1 Å². The van der Waals surface area contributed by atoms with E-state index in [0.717, 1.165) is 13.1 Å². The Hall–Kier alpha value is -0.290. The average Bonchev–Trinajstić information content (AvgIpc) is 2.94. The van der Waals surface area contributed by atoms with E-state index >= 15 is 0 Å². The molecule has 0 unspecified atom stereocenters. The van der Waals surface area contributed by atoms with Gasteiger partial charge in [0.2, 0.25) is 0 Å². The smallest absolute Gasteiger partial charge is 0.0948 e. The van der Waals surface area contributed by atoms with Crippen molar-refractivity contribution in [3.8, 4) is 0 Å². The van der Waals surface area contributed by atoms with Gasteiger partial charge in [0.25, 0.3) is 0 Å². The monoisotopic (exact) mass is 376 g/mol. The van der Waals surface area contributed by atoms with Gasteiger partial charge in [0.1, 0.15) is 0 Å². The van der Waals surface area contributed by atoms with Crippen molar-refractivity contribution in [1.82, 2.24) is 20.2 Å². The Bertz CT molecular complexity index is 459. The number of imidazole rings is 1. The van der Waals surface area contributed by atoms with Crippen molar-refractivity contribution in [1.29, 1.82) is 0 Å². The van der Waals surface area contributed by atoms with E-state index in [2.05, 4.69) is 34.0 Å². The van der Waals surface area contributed by atoms with Crippen LogP contribution >= 0.6 is 24.8 Å². The summed E-state index contributed by atoms with van der Waals surface area (Å²) in [6, 6.07) is 0.697. The first kappa shape index (κ1) is 21.8. The van der Waals surface area contributed by atoms with Crippen molar-refractivity contribution >= 4 is 24.8 Å². The zero-order chi connectivity index (χ0) is 15.4. The average molecular weight is 377 g/mol. The summed E-state index contributed by atoms with van der Waals surface area (Å²) in [5.74, 6) is 0.669. The van der Waals surface area contributed by atoms with Gasteiger partial charge in [-0.2, -0.15) is 0 Å². The number of hydrogen-bond acceptors (Lipinski definition) is 3. The summed E-state index contributed by atoms with van der Waals surface area (Å²) in [6.07, 6.45) is 12.3. The number of piperidine rings is 1. The van der Waals surface area contributed by atoms with E-state index in [4.69, 9.17) is 0 Å². The van der Waals surface area contributed by atoms with E-state index in [1.165, 1.54) is 57.3 Å². The molecule has 2 aliphatic rings. The predicted molar refractivity (Wildman–Crippen MR) is 105 cm³/mol. The third-order valence-electron chi connectivity index (χ3n) is 5.64. The van der Waals surface area contributed by atoms with Gasteiger partial charge < -0.3 is 15.2 Å². The zero-order valence-corrected chi connectivity index (χ0v) is 16.7. The molecule has 0 radical (unpaired) electrons. The molecule has 3 rings (SSSR count). The van der Waals surface area contributed by atoms with Crippen LogP contribution in [0.5, 0.6) is 0 Å². The normalized spacial score (nSPS) is 20.6. The zero-order valence-electron chi connectivity index (χ0n) is 15.1. The molecule has 1 aliphatic heterocycles. The first-order chi connectivity index (χ1) is 10.7. The van der Waals surface area contributed by atoms with Crippen molar-refractivity contribution < 1.29 is 0 Å². The third-order valence-corrected chi connectivity index (χ3v) is 5.64. The molecule has 1 aliphatic carbocycles. The van der Waals surface area contributed by atoms with Gasteiger partial charge >= 0.3 is 0 Å². The van der Waals surface area contributed by atoms with Crippen LogP contribution in [0.25, 0.3) is 0 Å². The standard InChI is InChI=1S/C18H32N4.2ClH/c1-15(2)13-22-14-20-11-17(22)12-21-16-3-5-18(6-4-16)7-9-19-10-8-18;;/h11,14-16,19,21H,3-10,12-13H2,1-2H3;2*1H. The summed E-state index contributed by atoms with van der Waals surface area (Å²) in [6.45, 7) is 9.01.